The average Bonchev–Trinajstić information content (AvgIpc) is 2.91. The maximum atomic E-state index is 4.83. The Morgan fingerprint density at radius 1 is 1.31 bits per heavy atom. The molecule has 2 heterocycles. The molecule has 0 amide bonds. The third-order valence-electron chi connectivity index (χ3n) is 3.98. The minimum atomic E-state index is 0.536. The SMILES string of the molecule is CCn1nc(C2CCCCN2)c2c1CCC2. The van der Waals surface area contributed by atoms with Crippen molar-refractivity contribution in [2.75, 3.05) is 6.54 Å². The van der Waals surface area contributed by atoms with Gasteiger partial charge in [0.1, 0.15) is 0 Å². The Labute approximate surface area is 97.2 Å². The maximum Gasteiger partial charge on any atom is 0.0828 e. The second kappa shape index (κ2) is 4.21. The van der Waals surface area contributed by atoms with Crippen LogP contribution < -0.4 is 5.32 Å². The number of hydrogen-bond acceptors (Lipinski definition) is 2. The molecule has 1 aliphatic carbocycles. The molecule has 3 rings (SSSR count). The Balaban J connectivity index is 1.94. The maximum absolute atomic E-state index is 4.83. The summed E-state index contributed by atoms with van der Waals surface area (Å²) in [5.74, 6) is 0. The van der Waals surface area contributed by atoms with Gasteiger partial charge in [-0.15, -0.1) is 0 Å². The fourth-order valence-electron chi connectivity index (χ4n) is 3.17. The van der Waals surface area contributed by atoms with E-state index in [0.717, 1.165) is 6.54 Å². The van der Waals surface area contributed by atoms with Crippen molar-refractivity contribution in [3.8, 4) is 0 Å². The molecule has 0 spiro atoms. The van der Waals surface area contributed by atoms with Crippen molar-refractivity contribution in [1.82, 2.24) is 15.1 Å². The van der Waals surface area contributed by atoms with Crippen LogP contribution in [0.15, 0.2) is 0 Å². The van der Waals surface area contributed by atoms with Crippen LogP contribution in [0.2, 0.25) is 0 Å². The predicted octanol–water partition coefficient (Wildman–Crippen LogP) is 2.21. The van der Waals surface area contributed by atoms with Gasteiger partial charge in [0.15, 0.2) is 0 Å². The number of nitrogens with one attached hydrogen (secondary N) is 1. The zero-order valence-corrected chi connectivity index (χ0v) is 10.1. The van der Waals surface area contributed by atoms with Crippen LogP contribution in [0.3, 0.4) is 0 Å². The number of aromatic nitrogens is 2. The van der Waals surface area contributed by atoms with Gasteiger partial charge < -0.3 is 5.32 Å². The zero-order valence-electron chi connectivity index (χ0n) is 10.1. The van der Waals surface area contributed by atoms with Gasteiger partial charge in [0.25, 0.3) is 0 Å². The predicted molar refractivity (Wildman–Crippen MR) is 64.5 cm³/mol. The topological polar surface area (TPSA) is 29.9 Å². The first kappa shape index (κ1) is 10.3. The molecule has 1 unspecified atom stereocenters. The Bertz CT molecular complexity index is 375. The molecule has 1 aromatic rings. The van der Waals surface area contributed by atoms with Gasteiger partial charge in [0.05, 0.1) is 11.7 Å². The number of rotatable bonds is 2. The molecule has 3 nitrogen and oxygen atoms in total. The standard InChI is InChI=1S/C13H21N3/c1-2-16-12-8-5-6-10(12)13(15-16)11-7-3-4-9-14-11/h11,14H,2-9H2,1H3. The molecule has 0 bridgehead atoms. The van der Waals surface area contributed by atoms with Crippen LogP contribution in [-0.4, -0.2) is 16.3 Å². The lowest BCUT2D eigenvalue weighted by atomic mass is 9.99. The molecule has 1 aliphatic heterocycles. The van der Waals surface area contributed by atoms with E-state index < -0.39 is 0 Å². The van der Waals surface area contributed by atoms with Gasteiger partial charge in [0.2, 0.25) is 0 Å². The molecule has 2 aliphatic rings. The Morgan fingerprint density at radius 3 is 3.00 bits per heavy atom. The van der Waals surface area contributed by atoms with E-state index in [1.807, 2.05) is 0 Å². The van der Waals surface area contributed by atoms with E-state index >= 15 is 0 Å². The van der Waals surface area contributed by atoms with E-state index in [1.165, 1.54) is 56.5 Å². The minimum Gasteiger partial charge on any atom is -0.309 e. The Hall–Kier alpha value is -0.830. The third kappa shape index (κ3) is 1.58. The van der Waals surface area contributed by atoms with E-state index in [0.29, 0.717) is 6.04 Å². The monoisotopic (exact) mass is 219 g/mol. The summed E-state index contributed by atoms with van der Waals surface area (Å²) in [6.07, 6.45) is 7.77. The normalized spacial score (nSPS) is 24.7. The molecule has 0 radical (unpaired) electrons. The van der Waals surface area contributed by atoms with Gasteiger partial charge in [-0.25, -0.2) is 0 Å². The molecule has 0 saturated carbocycles. The molecule has 0 aromatic carbocycles. The van der Waals surface area contributed by atoms with Crippen LogP contribution in [0.1, 0.15) is 55.6 Å². The zero-order chi connectivity index (χ0) is 11.0. The summed E-state index contributed by atoms with van der Waals surface area (Å²) in [6.45, 7) is 4.39. The van der Waals surface area contributed by atoms with E-state index in [2.05, 4.69) is 16.9 Å². The molecule has 1 aromatic heterocycles. The number of fused-ring (bicyclic) bond motifs is 1. The van der Waals surface area contributed by atoms with Crippen LogP contribution in [0.4, 0.5) is 0 Å². The third-order valence-corrected chi connectivity index (χ3v) is 3.98. The van der Waals surface area contributed by atoms with Crippen molar-refractivity contribution in [1.29, 1.82) is 0 Å². The van der Waals surface area contributed by atoms with E-state index in [4.69, 9.17) is 5.10 Å². The molecule has 1 fully saturated rings. The molecule has 16 heavy (non-hydrogen) atoms. The lowest BCUT2D eigenvalue weighted by Crippen LogP contribution is -2.27. The van der Waals surface area contributed by atoms with E-state index in [9.17, 15) is 0 Å². The average molecular weight is 219 g/mol. The summed E-state index contributed by atoms with van der Waals surface area (Å²) >= 11 is 0. The van der Waals surface area contributed by atoms with Gasteiger partial charge in [-0.3, -0.25) is 4.68 Å². The van der Waals surface area contributed by atoms with Gasteiger partial charge in [-0.1, -0.05) is 6.42 Å². The van der Waals surface area contributed by atoms with Gasteiger partial charge in [-0.05, 0) is 51.1 Å². The molecular weight excluding hydrogens is 198 g/mol. The second-order valence-corrected chi connectivity index (χ2v) is 4.98. The number of piperidine rings is 1. The largest absolute Gasteiger partial charge is 0.309 e. The summed E-state index contributed by atoms with van der Waals surface area (Å²) in [5.41, 5.74) is 4.46. The number of aryl methyl sites for hydroxylation is 1. The lowest BCUT2D eigenvalue weighted by Gasteiger charge is -2.22. The van der Waals surface area contributed by atoms with Crippen LogP contribution in [0.5, 0.6) is 0 Å². The molecule has 1 N–H and O–H groups in total. The number of hydrogen-bond donors (Lipinski definition) is 1. The highest BCUT2D eigenvalue weighted by Crippen LogP contribution is 2.32. The van der Waals surface area contributed by atoms with Crippen molar-refractivity contribution >= 4 is 0 Å². The molecule has 3 heteroatoms. The van der Waals surface area contributed by atoms with Gasteiger partial charge >= 0.3 is 0 Å². The highest BCUT2D eigenvalue weighted by molar-refractivity contribution is 5.33. The number of nitrogens with zero attached hydrogens (tertiary/aromatic N) is 2. The van der Waals surface area contributed by atoms with Crippen LogP contribution in [0, 0.1) is 0 Å². The van der Waals surface area contributed by atoms with Crippen molar-refractivity contribution in [2.45, 2.75) is 58.0 Å². The lowest BCUT2D eigenvalue weighted by molar-refractivity contribution is 0.399. The van der Waals surface area contributed by atoms with Gasteiger partial charge in [0, 0.05) is 12.2 Å². The first-order valence-corrected chi connectivity index (χ1v) is 6.72. The Kier molecular flexibility index (Phi) is 2.72. The molecule has 1 atom stereocenters. The summed E-state index contributed by atoms with van der Waals surface area (Å²) < 4.78 is 2.23. The minimum absolute atomic E-state index is 0.536. The summed E-state index contributed by atoms with van der Waals surface area (Å²) in [7, 11) is 0. The van der Waals surface area contributed by atoms with Crippen LogP contribution in [0.25, 0.3) is 0 Å². The molecular formula is C13H21N3. The summed E-state index contributed by atoms with van der Waals surface area (Å²) in [4.78, 5) is 0. The summed E-state index contributed by atoms with van der Waals surface area (Å²) in [5, 5.41) is 8.45. The van der Waals surface area contributed by atoms with Crippen LogP contribution >= 0.6 is 0 Å². The first-order chi connectivity index (χ1) is 7.90. The fraction of sp³-hybridized carbons (Fsp3) is 0.769. The van der Waals surface area contributed by atoms with Crippen LogP contribution in [-0.2, 0) is 19.4 Å². The molecule has 88 valence electrons. The highest BCUT2D eigenvalue weighted by Gasteiger charge is 2.27. The highest BCUT2D eigenvalue weighted by atomic mass is 15.3. The first-order valence-electron chi connectivity index (χ1n) is 6.72. The quantitative estimate of drug-likeness (QED) is 0.826. The second-order valence-electron chi connectivity index (χ2n) is 4.98. The van der Waals surface area contributed by atoms with Crippen molar-refractivity contribution < 1.29 is 0 Å². The van der Waals surface area contributed by atoms with Crippen molar-refractivity contribution in [3.05, 3.63) is 17.0 Å². The fourth-order valence-corrected chi connectivity index (χ4v) is 3.17. The van der Waals surface area contributed by atoms with E-state index in [1.54, 1.807) is 5.56 Å². The van der Waals surface area contributed by atoms with E-state index in [-0.39, 0.29) is 0 Å². The van der Waals surface area contributed by atoms with Gasteiger partial charge in [-0.2, -0.15) is 5.10 Å². The van der Waals surface area contributed by atoms with Crippen molar-refractivity contribution in [3.63, 3.8) is 0 Å². The Morgan fingerprint density at radius 2 is 2.25 bits per heavy atom. The molecule has 1 saturated heterocycles. The smallest absolute Gasteiger partial charge is 0.0828 e. The van der Waals surface area contributed by atoms with Crippen molar-refractivity contribution in [2.24, 2.45) is 0 Å². The summed E-state index contributed by atoms with van der Waals surface area (Å²) in [6, 6.07) is 0.536.